The van der Waals surface area contributed by atoms with Crippen molar-refractivity contribution in [3.05, 3.63) is 0 Å². The molecular formula is C12H17NO4. The number of esters is 1. The van der Waals surface area contributed by atoms with Gasteiger partial charge in [0.25, 0.3) is 0 Å². The summed E-state index contributed by atoms with van der Waals surface area (Å²) in [5.74, 6) is -0.556. The zero-order valence-electron chi connectivity index (χ0n) is 9.65. The quantitative estimate of drug-likeness (QED) is 0.671. The molecule has 1 aliphatic carbocycles. The van der Waals surface area contributed by atoms with E-state index >= 15 is 0 Å². The second-order valence-corrected chi connectivity index (χ2v) is 5.36. The topological polar surface area (TPSA) is 75.6 Å². The summed E-state index contributed by atoms with van der Waals surface area (Å²) >= 11 is 0. The molecule has 17 heavy (non-hydrogen) atoms. The van der Waals surface area contributed by atoms with Crippen LogP contribution in [0.4, 0.5) is 0 Å². The van der Waals surface area contributed by atoms with Gasteiger partial charge in [0.15, 0.2) is 0 Å². The number of aliphatic hydroxyl groups excluding tert-OH is 1. The number of rotatable bonds is 2. The SMILES string of the molecule is O=C1CC2OC(=O)C2(C(O)C2CCCCC2)N1. The van der Waals surface area contributed by atoms with Gasteiger partial charge in [-0.15, -0.1) is 0 Å². The Balaban J connectivity index is 1.81. The maximum absolute atomic E-state index is 11.7. The molecule has 0 radical (unpaired) electrons. The van der Waals surface area contributed by atoms with E-state index in [1.165, 1.54) is 6.42 Å². The molecule has 2 aliphatic heterocycles. The lowest BCUT2D eigenvalue weighted by Gasteiger charge is -2.47. The van der Waals surface area contributed by atoms with Gasteiger partial charge in [0.05, 0.1) is 12.5 Å². The Morgan fingerprint density at radius 2 is 2.00 bits per heavy atom. The maximum Gasteiger partial charge on any atom is 0.338 e. The lowest BCUT2D eigenvalue weighted by molar-refractivity contribution is -0.204. The van der Waals surface area contributed by atoms with Crippen LogP contribution in [0.2, 0.25) is 0 Å². The van der Waals surface area contributed by atoms with Gasteiger partial charge in [0, 0.05) is 0 Å². The van der Waals surface area contributed by atoms with E-state index in [0.717, 1.165) is 25.7 Å². The minimum atomic E-state index is -1.13. The van der Waals surface area contributed by atoms with E-state index in [0.29, 0.717) is 0 Å². The van der Waals surface area contributed by atoms with Crippen molar-refractivity contribution in [1.29, 1.82) is 0 Å². The number of carbonyl (C=O) groups excluding carboxylic acids is 2. The van der Waals surface area contributed by atoms with Crippen molar-refractivity contribution < 1.29 is 19.4 Å². The Bertz CT molecular complexity index is 364. The molecule has 0 aromatic rings. The van der Waals surface area contributed by atoms with E-state index < -0.39 is 23.7 Å². The summed E-state index contributed by atoms with van der Waals surface area (Å²) in [4.78, 5) is 23.1. The van der Waals surface area contributed by atoms with Crippen molar-refractivity contribution in [3.63, 3.8) is 0 Å². The predicted molar refractivity (Wildman–Crippen MR) is 58.0 cm³/mol. The minimum absolute atomic E-state index is 0.109. The molecule has 1 saturated carbocycles. The zero-order valence-corrected chi connectivity index (χ0v) is 9.65. The predicted octanol–water partition coefficient (Wildman–Crippen LogP) is 0.112. The van der Waals surface area contributed by atoms with E-state index in [9.17, 15) is 14.7 Å². The second kappa shape index (κ2) is 3.70. The van der Waals surface area contributed by atoms with Gasteiger partial charge < -0.3 is 15.2 Å². The summed E-state index contributed by atoms with van der Waals surface area (Å²) in [6.45, 7) is 0. The number of fused-ring (bicyclic) bond motifs is 1. The normalized spacial score (nSPS) is 39.0. The third-order valence-electron chi connectivity index (χ3n) is 4.37. The number of nitrogens with one attached hydrogen (secondary N) is 1. The van der Waals surface area contributed by atoms with Gasteiger partial charge in [0.2, 0.25) is 11.4 Å². The molecule has 5 heteroatoms. The van der Waals surface area contributed by atoms with Crippen molar-refractivity contribution >= 4 is 11.9 Å². The fourth-order valence-corrected chi connectivity index (χ4v) is 3.38. The Kier molecular flexibility index (Phi) is 2.40. The number of hydrogen-bond acceptors (Lipinski definition) is 4. The van der Waals surface area contributed by atoms with Crippen LogP contribution in [0.5, 0.6) is 0 Å². The third kappa shape index (κ3) is 1.41. The van der Waals surface area contributed by atoms with E-state index in [4.69, 9.17) is 4.74 Å². The van der Waals surface area contributed by atoms with E-state index in [1.54, 1.807) is 0 Å². The summed E-state index contributed by atoms with van der Waals surface area (Å²) in [7, 11) is 0. The fraction of sp³-hybridized carbons (Fsp3) is 0.833. The van der Waals surface area contributed by atoms with Gasteiger partial charge in [0.1, 0.15) is 6.10 Å². The van der Waals surface area contributed by atoms with Crippen LogP contribution in [0.15, 0.2) is 0 Å². The second-order valence-electron chi connectivity index (χ2n) is 5.36. The third-order valence-corrected chi connectivity index (χ3v) is 4.37. The number of amides is 1. The van der Waals surface area contributed by atoms with Gasteiger partial charge in [-0.1, -0.05) is 19.3 Å². The van der Waals surface area contributed by atoms with Crippen LogP contribution >= 0.6 is 0 Å². The van der Waals surface area contributed by atoms with E-state index in [-0.39, 0.29) is 18.2 Å². The largest absolute Gasteiger partial charge is 0.457 e. The Hall–Kier alpha value is -1.10. The van der Waals surface area contributed by atoms with Crippen LogP contribution in [-0.4, -0.2) is 34.7 Å². The molecule has 3 rings (SSSR count). The molecule has 1 amide bonds. The molecule has 2 heterocycles. The van der Waals surface area contributed by atoms with Crippen LogP contribution in [0.3, 0.4) is 0 Å². The number of carbonyl (C=O) groups is 2. The van der Waals surface area contributed by atoms with Crippen LogP contribution < -0.4 is 5.32 Å². The van der Waals surface area contributed by atoms with Crippen LogP contribution in [0.25, 0.3) is 0 Å². The summed E-state index contributed by atoms with van der Waals surface area (Å²) < 4.78 is 4.97. The van der Waals surface area contributed by atoms with Gasteiger partial charge in [-0.2, -0.15) is 0 Å². The summed E-state index contributed by atoms with van der Waals surface area (Å²) in [5.41, 5.74) is -1.13. The number of aliphatic hydroxyl groups is 1. The molecule has 94 valence electrons. The highest BCUT2D eigenvalue weighted by Gasteiger charge is 2.68. The van der Waals surface area contributed by atoms with Gasteiger partial charge in [-0.3, -0.25) is 4.79 Å². The lowest BCUT2D eigenvalue weighted by atomic mass is 9.73. The molecule has 3 atom stereocenters. The first kappa shape index (κ1) is 11.0. The average molecular weight is 239 g/mol. The highest BCUT2D eigenvalue weighted by molar-refractivity contribution is 5.98. The van der Waals surface area contributed by atoms with Crippen LogP contribution in [-0.2, 0) is 14.3 Å². The Labute approximate surface area is 99.5 Å². The minimum Gasteiger partial charge on any atom is -0.457 e. The molecule has 3 aliphatic rings. The Morgan fingerprint density at radius 1 is 1.29 bits per heavy atom. The van der Waals surface area contributed by atoms with Gasteiger partial charge in [-0.05, 0) is 18.8 Å². The van der Waals surface area contributed by atoms with Crippen molar-refractivity contribution in [3.8, 4) is 0 Å². The van der Waals surface area contributed by atoms with Crippen molar-refractivity contribution in [1.82, 2.24) is 5.32 Å². The highest BCUT2D eigenvalue weighted by Crippen LogP contribution is 2.42. The van der Waals surface area contributed by atoms with Crippen molar-refractivity contribution in [2.75, 3.05) is 0 Å². The number of ether oxygens (including phenoxy) is 1. The molecule has 5 nitrogen and oxygen atoms in total. The average Bonchev–Trinajstić information content (AvgIpc) is 2.62. The number of hydrogen-bond donors (Lipinski definition) is 2. The molecule has 0 bridgehead atoms. The highest BCUT2D eigenvalue weighted by atomic mass is 16.6. The van der Waals surface area contributed by atoms with Gasteiger partial charge in [-0.25, -0.2) is 4.79 Å². The first-order valence-electron chi connectivity index (χ1n) is 6.35. The van der Waals surface area contributed by atoms with Gasteiger partial charge >= 0.3 is 5.97 Å². The molecule has 3 unspecified atom stereocenters. The maximum atomic E-state index is 11.7. The van der Waals surface area contributed by atoms with Crippen molar-refractivity contribution in [2.45, 2.75) is 56.3 Å². The van der Waals surface area contributed by atoms with E-state index in [2.05, 4.69) is 5.32 Å². The summed E-state index contributed by atoms with van der Waals surface area (Å²) in [5, 5.41) is 13.1. The molecule has 0 aromatic heterocycles. The van der Waals surface area contributed by atoms with Crippen molar-refractivity contribution in [2.24, 2.45) is 5.92 Å². The fourth-order valence-electron chi connectivity index (χ4n) is 3.38. The first-order chi connectivity index (χ1) is 8.14. The standard InChI is InChI=1S/C12H17NO4/c14-9-6-8-12(13-9,11(16)17-8)10(15)7-4-2-1-3-5-7/h7-8,10,15H,1-6H2,(H,13,14). The molecule has 0 spiro atoms. The van der Waals surface area contributed by atoms with E-state index in [1.807, 2.05) is 0 Å². The lowest BCUT2D eigenvalue weighted by Crippen LogP contribution is -2.73. The Morgan fingerprint density at radius 3 is 2.59 bits per heavy atom. The summed E-state index contributed by atoms with van der Waals surface area (Å²) in [6, 6.07) is 0. The monoisotopic (exact) mass is 239 g/mol. The summed E-state index contributed by atoms with van der Waals surface area (Å²) in [6.07, 6.45) is 4.17. The smallest absolute Gasteiger partial charge is 0.338 e. The molecular weight excluding hydrogens is 222 g/mol. The first-order valence-corrected chi connectivity index (χ1v) is 6.35. The van der Waals surface area contributed by atoms with Crippen LogP contribution in [0.1, 0.15) is 38.5 Å². The molecule has 2 saturated heterocycles. The van der Waals surface area contributed by atoms with Crippen LogP contribution in [0, 0.1) is 5.92 Å². The zero-order chi connectivity index (χ0) is 12.0. The molecule has 0 aromatic carbocycles. The molecule has 2 N–H and O–H groups in total. The molecule has 3 fully saturated rings.